The average molecular weight is 1090 g/mol. The quantitative estimate of drug-likeness (QED) is 0.0485. The van der Waals surface area contributed by atoms with Gasteiger partial charge < -0.3 is 43.4 Å². The largest absolute Gasteiger partial charge is 0.495 e. The number of methoxy groups -OCH3 is 2. The number of aliphatic hydroxyl groups is 1. The minimum absolute atomic E-state index is 0.00835. The van der Waals surface area contributed by atoms with E-state index in [9.17, 15) is 51.6 Å². The number of nitrogens with zero attached hydrogens (tertiary/aromatic N) is 3. The van der Waals surface area contributed by atoms with Gasteiger partial charge in [0.2, 0.25) is 11.8 Å². The molecule has 5 amide bonds. The highest BCUT2D eigenvalue weighted by Crippen LogP contribution is 2.55. The minimum atomic E-state index is -4.97. The van der Waals surface area contributed by atoms with E-state index in [2.05, 4.69) is 5.32 Å². The highest BCUT2D eigenvalue weighted by Gasteiger charge is 2.68. The lowest BCUT2D eigenvalue weighted by Gasteiger charge is -2.45. The molecule has 0 saturated carbocycles. The van der Waals surface area contributed by atoms with Crippen molar-refractivity contribution in [1.29, 1.82) is 0 Å². The molecule has 72 heavy (non-hydrogen) atoms. The van der Waals surface area contributed by atoms with Crippen LogP contribution in [0.25, 0.3) is 0 Å². The number of alkyl carbamates (subject to hydrolysis) is 1. The lowest BCUT2D eigenvalue weighted by Crippen LogP contribution is -2.65. The summed E-state index contributed by atoms with van der Waals surface area (Å²) in [5, 5.41) is 12.8. The van der Waals surface area contributed by atoms with Crippen molar-refractivity contribution in [3.8, 4) is 5.75 Å². The van der Waals surface area contributed by atoms with Crippen LogP contribution in [0.3, 0.4) is 0 Å². The molecule has 3 N–H and O–H groups in total. The molecule has 0 radical (unpaired) electrons. The maximum absolute atomic E-state index is 14.4. The van der Waals surface area contributed by atoms with Crippen LogP contribution in [-0.2, 0) is 69.1 Å². The van der Waals surface area contributed by atoms with Gasteiger partial charge in [-0.1, -0.05) is 70.8 Å². The Morgan fingerprint density at radius 1 is 1.07 bits per heavy atom. The van der Waals surface area contributed by atoms with E-state index in [0.29, 0.717) is 17.9 Å². The van der Waals surface area contributed by atoms with Gasteiger partial charge in [0.15, 0.2) is 11.0 Å². The molecule has 0 aliphatic carbocycles. The van der Waals surface area contributed by atoms with E-state index >= 15 is 0 Å². The highest BCUT2D eigenvalue weighted by atomic mass is 35.5. The first-order valence-corrected chi connectivity index (χ1v) is 27.3. The van der Waals surface area contributed by atoms with Crippen molar-refractivity contribution in [3.63, 3.8) is 0 Å². The average Bonchev–Trinajstić information content (AvgIpc) is 3.92. The van der Waals surface area contributed by atoms with E-state index < -0.39 is 122 Å². The van der Waals surface area contributed by atoms with Crippen LogP contribution < -0.4 is 15.0 Å². The number of carbonyl (C=O) groups excluding carboxylic acids is 7. The normalized spacial score (nSPS) is 27.8. The summed E-state index contributed by atoms with van der Waals surface area (Å²) in [6.07, 6.45) is -0.581. The molecule has 4 heterocycles. The van der Waals surface area contributed by atoms with Gasteiger partial charge >= 0.3 is 18.0 Å². The van der Waals surface area contributed by atoms with Gasteiger partial charge in [-0.2, -0.15) is 8.42 Å². The Bertz CT molecular complexity index is 2460. The Morgan fingerprint density at radius 2 is 1.72 bits per heavy atom. The molecular formula is C47H65ClN4O17S3. The molecule has 3 fully saturated rings. The van der Waals surface area contributed by atoms with Crippen LogP contribution in [0, 0.1) is 5.41 Å². The van der Waals surface area contributed by atoms with Crippen molar-refractivity contribution in [2.24, 2.45) is 5.41 Å². The number of amides is 5. The molecule has 0 aromatic heterocycles. The SMILES string of the molecule is COc1cc2cc(c1Cl)N(C)C(=O)C[C@H](OC(=O)[C@H](C)N(C)C(=O)CCC(C)(C)SSCCC(C(=O)ON1C(=O)CCC1=O)S(=O)(=O)O)[C@]1(C)O[C@H]1C(C)(C)[C@@H]1C[C@@](O)(NC(=O)O1)[C@H](OC)/C=C/C=C(\C)C2. The zero-order valence-electron chi connectivity index (χ0n) is 42.2. The fourth-order valence-electron chi connectivity index (χ4n) is 8.69. The summed E-state index contributed by atoms with van der Waals surface area (Å²) in [7, 11) is 3.28. The Labute approximate surface area is 432 Å². The van der Waals surface area contributed by atoms with Crippen molar-refractivity contribution in [2.45, 2.75) is 152 Å². The zero-order chi connectivity index (χ0) is 53.9. The summed E-state index contributed by atoms with van der Waals surface area (Å²) in [5.41, 5.74) is -2.41. The third-order valence-electron chi connectivity index (χ3n) is 13.4. The lowest BCUT2D eigenvalue weighted by atomic mass is 9.73. The lowest BCUT2D eigenvalue weighted by molar-refractivity contribution is -0.197. The number of likely N-dealkylation sites (N-methyl/N-ethyl adjacent to an activating group) is 1. The van der Waals surface area contributed by atoms with Gasteiger partial charge in [-0.05, 0) is 71.6 Å². The third-order valence-corrected chi connectivity index (χ3v) is 18.3. The zero-order valence-corrected chi connectivity index (χ0v) is 45.4. The molecule has 1 unspecified atom stereocenters. The second-order valence-electron chi connectivity index (χ2n) is 19.7. The number of fused-ring (bicyclic) bond motifs is 5. The van der Waals surface area contributed by atoms with Crippen LogP contribution in [-0.4, -0.2) is 156 Å². The van der Waals surface area contributed by atoms with E-state index in [-0.39, 0.29) is 47.9 Å². The molecule has 5 rings (SSSR count). The van der Waals surface area contributed by atoms with Crippen molar-refractivity contribution >= 4 is 90.7 Å². The molecule has 0 spiro atoms. The number of carbonyl (C=O) groups is 7. The van der Waals surface area contributed by atoms with Crippen molar-refractivity contribution in [1.82, 2.24) is 15.3 Å². The topological polar surface area (TPSA) is 275 Å². The molecule has 3 saturated heterocycles. The van der Waals surface area contributed by atoms with E-state index in [1.165, 1.54) is 55.8 Å². The van der Waals surface area contributed by atoms with Crippen LogP contribution in [0.5, 0.6) is 5.75 Å². The number of hydrogen-bond acceptors (Lipinski definition) is 18. The smallest absolute Gasteiger partial charge is 0.409 e. The standard InChI is InChI=1S/C47H65ClN4O17S3/c1-26-13-12-14-32(65-11)47(60)25-34(67-43(59)49-47)45(5,6)42-46(7,68-42)33(24-38(56)51(9)29-22-28(21-26)23-30(64-10)39(29)48)66-40(57)27(2)50(8)35(53)17-19-44(3,4)71-70-20-18-31(72(61,62)63)41(58)69-52-36(54)15-16-37(52)55/h12-14,22-23,27,31-34,42,60H,15-21,24-25H2,1-11H3,(H,49,59)(H,61,62,63)/b14-12+,26-13+/t27-,31?,32+,33-,34-,42-,46-,47-/m0/s1. The van der Waals surface area contributed by atoms with Crippen LogP contribution in [0.1, 0.15) is 99.0 Å². The maximum atomic E-state index is 14.4. The fourth-order valence-corrected chi connectivity index (χ4v) is 12.5. The van der Waals surface area contributed by atoms with Crippen LogP contribution in [0.4, 0.5) is 10.5 Å². The second kappa shape index (κ2) is 23.0. The summed E-state index contributed by atoms with van der Waals surface area (Å²) >= 11 is 6.82. The Balaban J connectivity index is 1.32. The number of ether oxygens (including phenoxy) is 5. The molecule has 4 aliphatic rings. The number of epoxide rings is 1. The van der Waals surface area contributed by atoms with Crippen molar-refractivity contribution in [3.05, 3.63) is 46.5 Å². The van der Waals surface area contributed by atoms with Gasteiger partial charge in [-0.25, -0.2) is 14.4 Å². The predicted octanol–water partition coefficient (Wildman–Crippen LogP) is 5.10. The Hall–Kier alpha value is -4.43. The van der Waals surface area contributed by atoms with E-state index in [1.807, 2.05) is 26.8 Å². The van der Waals surface area contributed by atoms with Gasteiger partial charge in [-0.3, -0.25) is 29.0 Å². The molecule has 21 nitrogen and oxygen atoms in total. The van der Waals surface area contributed by atoms with Gasteiger partial charge in [0.25, 0.3) is 21.9 Å². The van der Waals surface area contributed by atoms with Crippen molar-refractivity contribution in [2.75, 3.05) is 39.0 Å². The first-order valence-electron chi connectivity index (χ1n) is 23.1. The maximum Gasteiger partial charge on any atom is 0.409 e. The van der Waals surface area contributed by atoms with Crippen LogP contribution >= 0.6 is 33.2 Å². The first-order chi connectivity index (χ1) is 33.4. The van der Waals surface area contributed by atoms with Gasteiger partial charge in [-0.15, -0.1) is 5.06 Å². The number of benzene rings is 1. The number of nitrogens with one attached hydrogen (secondary N) is 1. The molecule has 400 valence electrons. The van der Waals surface area contributed by atoms with Crippen LogP contribution in [0.15, 0.2) is 35.9 Å². The molecule has 4 bridgehead atoms. The second-order valence-corrected chi connectivity index (χ2v) is 24.8. The van der Waals surface area contributed by atoms with Gasteiger partial charge in [0.05, 0.1) is 25.3 Å². The number of hydroxylamine groups is 2. The summed E-state index contributed by atoms with van der Waals surface area (Å²) in [6.45, 7) is 12.2. The Kier molecular flexibility index (Phi) is 18.7. The first kappa shape index (κ1) is 58.5. The van der Waals surface area contributed by atoms with E-state index in [0.717, 1.165) is 21.9 Å². The molecule has 4 aliphatic heterocycles. The highest BCUT2D eigenvalue weighted by molar-refractivity contribution is 8.77. The monoisotopic (exact) mass is 1090 g/mol. The Morgan fingerprint density at radius 3 is 2.33 bits per heavy atom. The summed E-state index contributed by atoms with van der Waals surface area (Å²) in [4.78, 5) is 99.0. The van der Waals surface area contributed by atoms with Gasteiger partial charge in [0.1, 0.15) is 40.7 Å². The molecule has 1 aromatic rings. The number of imide groups is 1. The molecule has 8 atom stereocenters. The van der Waals surface area contributed by atoms with E-state index in [4.69, 9.17) is 40.1 Å². The van der Waals surface area contributed by atoms with Crippen LogP contribution in [0.2, 0.25) is 5.02 Å². The minimum Gasteiger partial charge on any atom is -0.495 e. The molecular weight excluding hydrogens is 1020 g/mol. The molecule has 1 aromatic carbocycles. The number of allylic oxidation sites excluding steroid dienone is 3. The predicted molar refractivity (Wildman–Crippen MR) is 266 cm³/mol. The number of rotatable bonds is 16. The number of esters is 1. The summed E-state index contributed by atoms with van der Waals surface area (Å²) in [5.74, 6) is -4.57. The fraction of sp³-hybridized carbons (Fsp3) is 0.638. The number of hydrogen-bond donors (Lipinski definition) is 3. The summed E-state index contributed by atoms with van der Waals surface area (Å²) in [6, 6.07) is 2.33. The van der Waals surface area contributed by atoms with E-state index in [1.54, 1.807) is 45.1 Å². The van der Waals surface area contributed by atoms with Crippen molar-refractivity contribution < 1.29 is 80.2 Å². The summed E-state index contributed by atoms with van der Waals surface area (Å²) < 4.78 is 62.8. The number of halogens is 1. The van der Waals surface area contributed by atoms with Gasteiger partial charge in [0, 0.05) is 62.8 Å². The third kappa shape index (κ3) is 13.6. The number of anilines is 1. The molecule has 25 heteroatoms.